The van der Waals surface area contributed by atoms with E-state index in [1.807, 2.05) is 26.8 Å². The van der Waals surface area contributed by atoms with Crippen molar-refractivity contribution in [3.8, 4) is 11.6 Å². The Morgan fingerprint density at radius 2 is 2.11 bits per heavy atom. The fraction of sp³-hybridized carbons (Fsp3) is 0.556. The Kier molecular flexibility index (Phi) is 7.92. The van der Waals surface area contributed by atoms with Gasteiger partial charge in [-0.25, -0.2) is 9.37 Å². The number of benzene rings is 1. The average Bonchev–Trinajstić information content (AvgIpc) is 2.76. The van der Waals surface area contributed by atoms with Crippen LogP contribution < -0.4 is 20.1 Å². The maximum absolute atomic E-state index is 13.7. The van der Waals surface area contributed by atoms with E-state index in [0.717, 1.165) is 36.8 Å². The zero-order valence-corrected chi connectivity index (χ0v) is 22.8. The number of ether oxygens (including phenoxy) is 2. The number of aliphatic hydroxyl groups excluding tert-OH is 1. The number of halogens is 2. The zero-order chi connectivity index (χ0) is 26.1. The number of nitrogens with one attached hydrogen (secondary N) is 2. The third-order valence-electron chi connectivity index (χ3n) is 6.67. The Bertz CT molecular complexity index is 1100. The summed E-state index contributed by atoms with van der Waals surface area (Å²) in [6.45, 7) is 7.63. The lowest BCUT2D eigenvalue weighted by Crippen LogP contribution is -2.52. The van der Waals surface area contributed by atoms with Crippen molar-refractivity contribution in [3.05, 3.63) is 51.9 Å². The van der Waals surface area contributed by atoms with Crippen LogP contribution in [0.5, 0.6) is 11.6 Å². The van der Waals surface area contributed by atoms with Crippen LogP contribution in [0.1, 0.15) is 70.5 Å². The molecule has 2 aromatic rings. The largest absolute Gasteiger partial charge is 0.487 e. The Labute approximate surface area is 220 Å². The van der Waals surface area contributed by atoms with Crippen molar-refractivity contribution in [2.45, 2.75) is 89.2 Å². The fourth-order valence-electron chi connectivity index (χ4n) is 4.85. The van der Waals surface area contributed by atoms with Gasteiger partial charge < -0.3 is 25.2 Å². The van der Waals surface area contributed by atoms with Gasteiger partial charge in [0.2, 0.25) is 11.8 Å². The van der Waals surface area contributed by atoms with Crippen LogP contribution >= 0.6 is 15.9 Å². The number of hydrogen-bond donors (Lipinski definition) is 3. The number of carbonyl (C=O) groups is 1. The van der Waals surface area contributed by atoms with E-state index in [1.54, 1.807) is 18.3 Å². The van der Waals surface area contributed by atoms with Gasteiger partial charge >= 0.3 is 0 Å². The Hall–Kier alpha value is -2.23. The second-order valence-corrected chi connectivity index (χ2v) is 11.8. The molecule has 1 aromatic carbocycles. The van der Waals surface area contributed by atoms with E-state index in [4.69, 9.17) is 9.47 Å². The molecule has 196 valence electrons. The number of pyridine rings is 1. The van der Waals surface area contributed by atoms with Crippen LogP contribution in [0.4, 0.5) is 4.39 Å². The molecule has 0 saturated heterocycles. The summed E-state index contributed by atoms with van der Waals surface area (Å²) in [5.74, 6) is 0.672. The van der Waals surface area contributed by atoms with Crippen molar-refractivity contribution in [1.82, 2.24) is 15.6 Å². The molecule has 4 rings (SSSR count). The molecule has 1 fully saturated rings. The predicted molar refractivity (Wildman–Crippen MR) is 139 cm³/mol. The van der Waals surface area contributed by atoms with Crippen LogP contribution in [0.2, 0.25) is 0 Å². The number of carbonyl (C=O) groups excluding carboxylic acids is 1. The summed E-state index contributed by atoms with van der Waals surface area (Å²) in [4.78, 5) is 16.4. The number of amides is 1. The molecule has 1 amide bonds. The van der Waals surface area contributed by atoms with Gasteiger partial charge in [0.1, 0.15) is 22.8 Å². The van der Waals surface area contributed by atoms with Crippen molar-refractivity contribution in [1.29, 1.82) is 0 Å². The highest BCUT2D eigenvalue weighted by atomic mass is 79.9. The molecule has 1 spiro atoms. The van der Waals surface area contributed by atoms with E-state index < -0.39 is 12.1 Å². The Morgan fingerprint density at radius 3 is 2.72 bits per heavy atom. The summed E-state index contributed by atoms with van der Waals surface area (Å²) in [6, 6.07) is 6.03. The van der Waals surface area contributed by atoms with Gasteiger partial charge in [-0.15, -0.1) is 0 Å². The summed E-state index contributed by atoms with van der Waals surface area (Å²) in [5, 5.41) is 17.4. The first kappa shape index (κ1) is 26.8. The summed E-state index contributed by atoms with van der Waals surface area (Å²) >= 11 is 3.20. The second-order valence-electron chi connectivity index (χ2n) is 10.9. The van der Waals surface area contributed by atoms with Crippen molar-refractivity contribution >= 4 is 21.8 Å². The van der Waals surface area contributed by atoms with Crippen LogP contribution in [-0.4, -0.2) is 45.9 Å². The van der Waals surface area contributed by atoms with Crippen molar-refractivity contribution < 1.29 is 23.8 Å². The topological polar surface area (TPSA) is 92.7 Å². The minimum Gasteiger partial charge on any atom is -0.487 e. The molecule has 0 bridgehead atoms. The summed E-state index contributed by atoms with van der Waals surface area (Å²) in [5.41, 5.74) is 1.12. The van der Waals surface area contributed by atoms with Crippen LogP contribution in [0.15, 0.2) is 34.9 Å². The van der Waals surface area contributed by atoms with Gasteiger partial charge in [-0.2, -0.15) is 0 Å². The molecule has 36 heavy (non-hydrogen) atoms. The third kappa shape index (κ3) is 6.55. The van der Waals surface area contributed by atoms with E-state index >= 15 is 0 Å². The van der Waals surface area contributed by atoms with Crippen LogP contribution in [-0.2, 0) is 11.2 Å². The lowest BCUT2D eigenvalue weighted by atomic mass is 9.73. The molecular formula is C27H35BrFN3O4. The van der Waals surface area contributed by atoms with Gasteiger partial charge in [0.15, 0.2) is 0 Å². The van der Waals surface area contributed by atoms with E-state index in [-0.39, 0.29) is 35.5 Å². The average molecular weight is 564 g/mol. The SMILES string of the molecule is CC(=O)N[C@@H](Cc1ccc(F)c(Br)c1)[C@H](O)CN[C@H]1CC2(CCC2)Oc2ncc(OC(C)(C)C)cc21. The van der Waals surface area contributed by atoms with Crippen LogP contribution in [0.25, 0.3) is 0 Å². The second kappa shape index (κ2) is 10.6. The van der Waals surface area contributed by atoms with Crippen molar-refractivity contribution in [2.75, 3.05) is 6.54 Å². The molecule has 0 radical (unpaired) electrons. The molecule has 2 heterocycles. The summed E-state index contributed by atoms with van der Waals surface area (Å²) < 4.78 is 26.4. The maximum atomic E-state index is 13.7. The highest BCUT2D eigenvalue weighted by molar-refractivity contribution is 9.10. The van der Waals surface area contributed by atoms with Gasteiger partial charge in [-0.1, -0.05) is 6.07 Å². The van der Waals surface area contributed by atoms with Gasteiger partial charge in [-0.3, -0.25) is 4.79 Å². The molecular weight excluding hydrogens is 529 g/mol. The molecule has 7 nitrogen and oxygen atoms in total. The molecule has 3 atom stereocenters. The number of nitrogens with zero attached hydrogens (tertiary/aromatic N) is 1. The highest BCUT2D eigenvalue weighted by Crippen LogP contribution is 2.48. The van der Waals surface area contributed by atoms with Crippen molar-refractivity contribution in [3.63, 3.8) is 0 Å². The lowest BCUT2D eigenvalue weighted by molar-refractivity contribution is -0.120. The van der Waals surface area contributed by atoms with Gasteiger partial charge in [-0.05, 0) is 86.1 Å². The quantitative estimate of drug-likeness (QED) is 0.434. The third-order valence-corrected chi connectivity index (χ3v) is 7.28. The fourth-order valence-corrected chi connectivity index (χ4v) is 5.28. The molecule has 1 aromatic heterocycles. The Morgan fingerprint density at radius 1 is 1.36 bits per heavy atom. The monoisotopic (exact) mass is 563 g/mol. The number of fused-ring (bicyclic) bond motifs is 1. The first-order valence-electron chi connectivity index (χ1n) is 12.4. The lowest BCUT2D eigenvalue weighted by Gasteiger charge is -2.47. The number of aliphatic hydroxyl groups is 1. The van der Waals surface area contributed by atoms with Crippen LogP contribution in [0, 0.1) is 5.82 Å². The maximum Gasteiger partial charge on any atom is 0.218 e. The number of hydrogen-bond acceptors (Lipinski definition) is 6. The minimum absolute atomic E-state index is 0.0855. The first-order valence-corrected chi connectivity index (χ1v) is 13.2. The van der Waals surface area contributed by atoms with Gasteiger partial charge in [0.05, 0.1) is 22.8 Å². The highest BCUT2D eigenvalue weighted by Gasteiger charge is 2.46. The number of aromatic nitrogens is 1. The van der Waals surface area contributed by atoms with E-state index in [2.05, 4.69) is 31.5 Å². The van der Waals surface area contributed by atoms with Crippen LogP contribution in [0.3, 0.4) is 0 Å². The minimum atomic E-state index is -0.872. The van der Waals surface area contributed by atoms with Crippen molar-refractivity contribution in [2.24, 2.45) is 0 Å². The summed E-state index contributed by atoms with van der Waals surface area (Å²) in [7, 11) is 0. The zero-order valence-electron chi connectivity index (χ0n) is 21.2. The first-order chi connectivity index (χ1) is 16.9. The number of rotatable bonds is 8. The van der Waals surface area contributed by atoms with E-state index in [9.17, 15) is 14.3 Å². The Balaban J connectivity index is 1.50. The van der Waals surface area contributed by atoms with E-state index in [1.165, 1.54) is 13.0 Å². The molecule has 9 heteroatoms. The smallest absolute Gasteiger partial charge is 0.218 e. The summed E-state index contributed by atoms with van der Waals surface area (Å²) in [6.07, 6.45) is 5.02. The predicted octanol–water partition coefficient (Wildman–Crippen LogP) is 4.60. The van der Waals surface area contributed by atoms with Gasteiger partial charge in [0, 0.05) is 31.5 Å². The molecule has 0 unspecified atom stereocenters. The molecule has 1 aliphatic carbocycles. The molecule has 3 N–H and O–H groups in total. The normalized spacial score (nSPS) is 20.0. The molecule has 1 aliphatic heterocycles. The molecule has 2 aliphatic rings. The van der Waals surface area contributed by atoms with E-state index in [0.29, 0.717) is 22.5 Å². The van der Waals surface area contributed by atoms with Gasteiger partial charge in [0.25, 0.3) is 0 Å². The molecule has 1 saturated carbocycles. The standard InChI is InChI=1S/C27H35BrFN3O4/c1-16(33)32-22(11-17-6-7-21(29)20(28)10-17)24(34)15-30-23-13-27(8-5-9-27)36-25-19(23)12-18(14-31-25)35-26(2,3)4/h6-7,10,12,14,22-24,30,34H,5,8-9,11,13,15H2,1-4H3,(H,32,33)/t22-,23-,24+/m0/s1.